The van der Waals surface area contributed by atoms with Gasteiger partial charge in [-0.3, -0.25) is 0 Å². The number of nitrogens with zero attached hydrogens (tertiary/aromatic N) is 2. The summed E-state index contributed by atoms with van der Waals surface area (Å²) in [7, 11) is 1.92. The van der Waals surface area contributed by atoms with E-state index in [4.69, 9.17) is 4.98 Å². The lowest BCUT2D eigenvalue weighted by atomic mass is 9.97. The molecule has 0 saturated carbocycles. The maximum Gasteiger partial charge on any atom is 0.149 e. The monoisotopic (exact) mass is 353 g/mol. The van der Waals surface area contributed by atoms with Crippen LogP contribution in [0, 0.1) is 5.41 Å². The zero-order valence-corrected chi connectivity index (χ0v) is 16.4. The van der Waals surface area contributed by atoms with Crippen LogP contribution in [0.4, 0.5) is 17.2 Å². The molecule has 0 bridgehead atoms. The van der Waals surface area contributed by atoms with E-state index in [0.717, 1.165) is 55.5 Å². The molecule has 5 nitrogen and oxygen atoms in total. The highest BCUT2D eigenvalue weighted by Crippen LogP contribution is 2.28. The number of benzene rings is 1. The number of aromatic nitrogens is 1. The van der Waals surface area contributed by atoms with E-state index < -0.39 is 0 Å². The Labute approximate surface area is 157 Å². The van der Waals surface area contributed by atoms with Crippen molar-refractivity contribution in [3.63, 3.8) is 0 Å². The number of nitrogens with one attached hydrogen (secondary N) is 3. The Bertz CT molecular complexity index is 729. The van der Waals surface area contributed by atoms with Crippen molar-refractivity contribution in [2.24, 2.45) is 5.41 Å². The molecule has 0 amide bonds. The van der Waals surface area contributed by atoms with Gasteiger partial charge in [0.25, 0.3) is 0 Å². The van der Waals surface area contributed by atoms with Gasteiger partial charge in [0.1, 0.15) is 5.82 Å². The molecule has 0 spiro atoms. The van der Waals surface area contributed by atoms with Crippen LogP contribution >= 0.6 is 0 Å². The minimum atomic E-state index is 0.224. The quantitative estimate of drug-likeness (QED) is 0.766. The van der Waals surface area contributed by atoms with Crippen LogP contribution in [0.2, 0.25) is 0 Å². The molecule has 1 saturated heterocycles. The van der Waals surface area contributed by atoms with E-state index in [2.05, 4.69) is 78.0 Å². The molecular formula is C21H31N5. The van der Waals surface area contributed by atoms with Gasteiger partial charge in [0.15, 0.2) is 0 Å². The smallest absolute Gasteiger partial charge is 0.149 e. The van der Waals surface area contributed by atoms with Crippen LogP contribution in [-0.4, -0.2) is 44.8 Å². The fourth-order valence-corrected chi connectivity index (χ4v) is 3.10. The second-order valence-corrected chi connectivity index (χ2v) is 8.04. The summed E-state index contributed by atoms with van der Waals surface area (Å²) in [6.45, 7) is 11.8. The summed E-state index contributed by atoms with van der Waals surface area (Å²) in [5.41, 5.74) is 4.69. The lowest BCUT2D eigenvalue weighted by molar-refractivity contribution is 0.443. The Balaban J connectivity index is 1.82. The number of hydrogen-bond donors (Lipinski definition) is 3. The van der Waals surface area contributed by atoms with E-state index >= 15 is 0 Å². The van der Waals surface area contributed by atoms with Crippen molar-refractivity contribution >= 4 is 17.2 Å². The maximum atomic E-state index is 4.84. The van der Waals surface area contributed by atoms with E-state index in [1.54, 1.807) is 0 Å². The summed E-state index contributed by atoms with van der Waals surface area (Å²) in [4.78, 5) is 7.27. The zero-order chi connectivity index (χ0) is 18.6. The fourth-order valence-electron chi connectivity index (χ4n) is 3.10. The number of anilines is 3. The van der Waals surface area contributed by atoms with E-state index in [1.165, 1.54) is 5.69 Å². The van der Waals surface area contributed by atoms with Crippen LogP contribution < -0.4 is 20.9 Å². The van der Waals surface area contributed by atoms with Gasteiger partial charge in [-0.05, 0) is 29.7 Å². The van der Waals surface area contributed by atoms with Crippen molar-refractivity contribution in [2.75, 3.05) is 55.3 Å². The first-order valence-electron chi connectivity index (χ1n) is 9.45. The molecule has 3 N–H and O–H groups in total. The molecule has 5 heteroatoms. The van der Waals surface area contributed by atoms with Gasteiger partial charge in [0, 0.05) is 51.0 Å². The SMILES string of the molecule is CNc1nc(-c2cccc(N3CCNCC3)c2)ccc1NCC(C)(C)C. The Hall–Kier alpha value is -2.27. The standard InChI is InChI=1S/C21H31N5/c1-21(2,3)15-24-19-9-8-18(25-20(19)22-4)16-6-5-7-17(14-16)26-12-10-23-11-13-26/h5-9,14,23-24H,10-13,15H2,1-4H3,(H,22,25). The van der Waals surface area contributed by atoms with Gasteiger partial charge in [0.2, 0.25) is 0 Å². The van der Waals surface area contributed by atoms with Crippen molar-refractivity contribution in [1.82, 2.24) is 10.3 Å². The minimum Gasteiger partial charge on any atom is -0.382 e. The molecule has 140 valence electrons. The highest BCUT2D eigenvalue weighted by atomic mass is 15.2. The van der Waals surface area contributed by atoms with Crippen molar-refractivity contribution in [3.8, 4) is 11.3 Å². The molecule has 1 aromatic heterocycles. The normalized spacial score (nSPS) is 15.0. The Kier molecular flexibility index (Phi) is 5.67. The van der Waals surface area contributed by atoms with Crippen LogP contribution in [-0.2, 0) is 0 Å². The van der Waals surface area contributed by atoms with Crippen molar-refractivity contribution in [1.29, 1.82) is 0 Å². The predicted octanol–water partition coefficient (Wildman–Crippen LogP) is 3.66. The molecule has 3 rings (SSSR count). The second-order valence-electron chi connectivity index (χ2n) is 8.04. The third-order valence-corrected chi connectivity index (χ3v) is 4.57. The molecule has 1 aliphatic rings. The molecular weight excluding hydrogens is 322 g/mol. The van der Waals surface area contributed by atoms with Gasteiger partial charge in [0.05, 0.1) is 11.4 Å². The molecule has 2 aromatic rings. The summed E-state index contributed by atoms with van der Waals surface area (Å²) in [5, 5.41) is 10.1. The first-order chi connectivity index (χ1) is 12.5. The maximum absolute atomic E-state index is 4.84. The number of rotatable bonds is 5. The number of hydrogen-bond acceptors (Lipinski definition) is 5. The first-order valence-corrected chi connectivity index (χ1v) is 9.45. The summed E-state index contributed by atoms with van der Waals surface area (Å²) in [6.07, 6.45) is 0. The molecule has 26 heavy (non-hydrogen) atoms. The molecule has 1 fully saturated rings. The average molecular weight is 354 g/mol. The van der Waals surface area contributed by atoms with Gasteiger partial charge in [-0.2, -0.15) is 0 Å². The van der Waals surface area contributed by atoms with E-state index in [0.29, 0.717) is 0 Å². The highest BCUT2D eigenvalue weighted by molar-refractivity contribution is 5.72. The van der Waals surface area contributed by atoms with Crippen LogP contribution in [0.25, 0.3) is 11.3 Å². The molecule has 2 heterocycles. The zero-order valence-electron chi connectivity index (χ0n) is 16.4. The van der Waals surface area contributed by atoms with Crippen LogP contribution in [0.3, 0.4) is 0 Å². The second kappa shape index (κ2) is 7.96. The topological polar surface area (TPSA) is 52.2 Å². The first kappa shape index (κ1) is 18.5. The highest BCUT2D eigenvalue weighted by Gasteiger charge is 2.14. The molecule has 0 atom stereocenters. The molecule has 1 aromatic carbocycles. The van der Waals surface area contributed by atoms with E-state index in [9.17, 15) is 0 Å². The summed E-state index contributed by atoms with van der Waals surface area (Å²) < 4.78 is 0. The minimum absolute atomic E-state index is 0.224. The van der Waals surface area contributed by atoms with Crippen LogP contribution in [0.15, 0.2) is 36.4 Å². The lowest BCUT2D eigenvalue weighted by Gasteiger charge is -2.29. The Morgan fingerprint density at radius 3 is 2.58 bits per heavy atom. The molecule has 1 aliphatic heterocycles. The lowest BCUT2D eigenvalue weighted by Crippen LogP contribution is -2.43. The van der Waals surface area contributed by atoms with Crippen molar-refractivity contribution in [2.45, 2.75) is 20.8 Å². The number of pyridine rings is 1. The van der Waals surface area contributed by atoms with E-state index in [1.807, 2.05) is 7.05 Å². The third kappa shape index (κ3) is 4.67. The Morgan fingerprint density at radius 1 is 1.12 bits per heavy atom. The van der Waals surface area contributed by atoms with Crippen molar-refractivity contribution in [3.05, 3.63) is 36.4 Å². The molecule has 0 aliphatic carbocycles. The van der Waals surface area contributed by atoms with E-state index in [-0.39, 0.29) is 5.41 Å². The predicted molar refractivity (Wildman–Crippen MR) is 112 cm³/mol. The number of piperazine rings is 1. The van der Waals surface area contributed by atoms with Gasteiger partial charge < -0.3 is 20.9 Å². The van der Waals surface area contributed by atoms with Crippen LogP contribution in [0.5, 0.6) is 0 Å². The average Bonchev–Trinajstić information content (AvgIpc) is 2.66. The van der Waals surface area contributed by atoms with Crippen molar-refractivity contribution < 1.29 is 0 Å². The molecule has 0 radical (unpaired) electrons. The fraction of sp³-hybridized carbons (Fsp3) is 0.476. The largest absolute Gasteiger partial charge is 0.382 e. The summed E-state index contributed by atoms with van der Waals surface area (Å²) >= 11 is 0. The summed E-state index contributed by atoms with van der Waals surface area (Å²) in [6, 6.07) is 12.9. The van der Waals surface area contributed by atoms with Gasteiger partial charge in [-0.15, -0.1) is 0 Å². The van der Waals surface area contributed by atoms with Gasteiger partial charge in [-0.1, -0.05) is 32.9 Å². The van der Waals surface area contributed by atoms with Gasteiger partial charge in [-0.25, -0.2) is 4.98 Å². The Morgan fingerprint density at radius 2 is 1.88 bits per heavy atom. The summed E-state index contributed by atoms with van der Waals surface area (Å²) in [5.74, 6) is 0.888. The van der Waals surface area contributed by atoms with Gasteiger partial charge >= 0.3 is 0 Å². The third-order valence-electron chi connectivity index (χ3n) is 4.57. The molecule has 0 unspecified atom stereocenters. The van der Waals surface area contributed by atoms with Crippen LogP contribution in [0.1, 0.15) is 20.8 Å².